The molecule has 0 heterocycles. The number of hydrogen-bond donors (Lipinski definition) is 0. The first-order chi connectivity index (χ1) is 42.2. The Kier molecular flexibility index (Phi) is 20.0. The zero-order chi connectivity index (χ0) is 62.8. The summed E-state index contributed by atoms with van der Waals surface area (Å²) in [6.45, 7) is 14.4. The minimum Gasteiger partial charge on any atom is -0.203 e. The summed E-state index contributed by atoms with van der Waals surface area (Å²) in [5.41, 5.74) is 18.6. The molecule has 0 saturated carbocycles. The number of benzene rings is 12. The van der Waals surface area contributed by atoms with E-state index in [0.29, 0.717) is 66.8 Å². The first-order valence-electron chi connectivity index (χ1n) is 28.7. The Labute approximate surface area is 510 Å². The second kappa shape index (κ2) is 28.1. The Balaban J connectivity index is 0.000000140. The third-order valence-corrected chi connectivity index (χ3v) is 15.4. The lowest BCUT2D eigenvalue weighted by atomic mass is 9.98. The van der Waals surface area contributed by atoms with Crippen molar-refractivity contribution in [3.63, 3.8) is 0 Å². The van der Waals surface area contributed by atoms with Gasteiger partial charge in [0.25, 0.3) is 0 Å². The van der Waals surface area contributed by atoms with E-state index in [1.165, 1.54) is 22.3 Å². The maximum atomic E-state index is 14.0. The average molecular weight is 1180 g/mol. The molecule has 0 aliphatic rings. The van der Waals surface area contributed by atoms with Crippen molar-refractivity contribution in [2.45, 2.75) is 55.4 Å². The standard InChI is InChI=1S/4C20H16F2/c4*1-13-3-6-15(7-4-13)16-8-10-17(11-9-16)18-12-5-14(2)19(21)20(18)22/h4*3-12H,1-2H3. The molecule has 0 amide bonds. The number of aryl methyl sites for hydroxylation is 8. The Morgan fingerprint density at radius 2 is 0.261 bits per heavy atom. The van der Waals surface area contributed by atoms with E-state index in [-0.39, 0.29) is 0 Å². The maximum absolute atomic E-state index is 14.0. The van der Waals surface area contributed by atoms with Crippen LogP contribution in [0.2, 0.25) is 0 Å². The second-order valence-corrected chi connectivity index (χ2v) is 22.0. The molecule has 0 aromatic heterocycles. The molecule has 8 heteroatoms. The highest BCUT2D eigenvalue weighted by Gasteiger charge is 2.17. The van der Waals surface area contributed by atoms with Gasteiger partial charge in [-0.05, 0) is 144 Å². The lowest BCUT2D eigenvalue weighted by Crippen LogP contribution is -1.93. The molecule has 0 N–H and O–H groups in total. The van der Waals surface area contributed by atoms with E-state index < -0.39 is 46.5 Å². The van der Waals surface area contributed by atoms with E-state index in [2.05, 4.69) is 97.1 Å². The Morgan fingerprint density at radius 1 is 0.136 bits per heavy atom. The molecule has 0 aliphatic carbocycles. The Bertz CT molecular complexity index is 3770. The lowest BCUT2D eigenvalue weighted by molar-refractivity contribution is 0.505. The molecule has 0 radical (unpaired) electrons. The summed E-state index contributed by atoms with van der Waals surface area (Å²) in [5.74, 6) is -6.27. The van der Waals surface area contributed by atoms with Crippen LogP contribution in [0.5, 0.6) is 0 Å². The van der Waals surface area contributed by atoms with E-state index in [1.807, 2.05) is 125 Å². The van der Waals surface area contributed by atoms with Gasteiger partial charge in [-0.2, -0.15) is 0 Å². The smallest absolute Gasteiger partial charge is 0.166 e. The minimum absolute atomic E-state index is 0.290. The largest absolute Gasteiger partial charge is 0.203 e. The van der Waals surface area contributed by atoms with Crippen molar-refractivity contribution in [2.24, 2.45) is 0 Å². The van der Waals surface area contributed by atoms with Gasteiger partial charge in [-0.3, -0.25) is 0 Å². The third kappa shape index (κ3) is 14.8. The molecule has 0 fully saturated rings. The molecule has 88 heavy (non-hydrogen) atoms. The highest BCUT2D eigenvalue weighted by Crippen LogP contribution is 2.34. The molecule has 0 unspecified atom stereocenters. The first kappa shape index (κ1) is 62.6. The van der Waals surface area contributed by atoms with Crippen LogP contribution in [0.1, 0.15) is 44.5 Å². The summed E-state index contributed by atoms with van der Waals surface area (Å²) >= 11 is 0. The fourth-order valence-corrected chi connectivity index (χ4v) is 9.83. The molecule has 0 aliphatic heterocycles. The minimum atomic E-state index is -0.789. The fourth-order valence-electron chi connectivity index (χ4n) is 9.83. The number of hydrogen-bond acceptors (Lipinski definition) is 0. The van der Waals surface area contributed by atoms with Gasteiger partial charge in [0.1, 0.15) is 0 Å². The van der Waals surface area contributed by atoms with Crippen LogP contribution in [0.15, 0.2) is 243 Å². The molecule has 12 aromatic carbocycles. The van der Waals surface area contributed by atoms with Crippen LogP contribution in [0, 0.1) is 102 Å². The molecule has 0 bridgehead atoms. The van der Waals surface area contributed by atoms with Crippen LogP contribution in [0.3, 0.4) is 0 Å². The SMILES string of the molecule is Cc1ccc(-c2ccc(-c3ccc(C)c(F)c3F)cc2)cc1.Cc1ccc(-c2ccc(-c3ccc(C)c(F)c3F)cc2)cc1.Cc1ccc(-c2ccc(-c3ccc(C)c(F)c3F)cc2)cc1.Cc1ccc(-c2ccc(-c3ccc(C)c(F)c3F)cc2)cc1. The molecule has 0 spiro atoms. The van der Waals surface area contributed by atoms with Crippen molar-refractivity contribution in [1.29, 1.82) is 0 Å². The van der Waals surface area contributed by atoms with Gasteiger partial charge >= 0.3 is 0 Å². The second-order valence-electron chi connectivity index (χ2n) is 22.0. The van der Waals surface area contributed by atoms with Gasteiger partial charge in [0.15, 0.2) is 46.5 Å². The summed E-state index contributed by atoms with van der Waals surface area (Å²) in [6.07, 6.45) is 0. The molecule has 0 saturated heterocycles. The predicted octanol–water partition coefficient (Wildman–Crippen LogP) is 23.7. The van der Waals surface area contributed by atoms with Crippen molar-refractivity contribution in [1.82, 2.24) is 0 Å². The molecule has 12 aromatic rings. The summed E-state index contributed by atoms with van der Waals surface area (Å²) in [4.78, 5) is 0. The van der Waals surface area contributed by atoms with Gasteiger partial charge in [-0.25, -0.2) is 35.1 Å². The van der Waals surface area contributed by atoms with Gasteiger partial charge in [0.2, 0.25) is 0 Å². The van der Waals surface area contributed by atoms with Crippen molar-refractivity contribution < 1.29 is 35.1 Å². The lowest BCUT2D eigenvalue weighted by Gasteiger charge is -2.08. The van der Waals surface area contributed by atoms with E-state index in [4.69, 9.17) is 0 Å². The number of halogens is 8. The Morgan fingerprint density at radius 3 is 0.409 bits per heavy atom. The average Bonchev–Trinajstić information content (AvgIpc) is 2.90. The zero-order valence-electron chi connectivity index (χ0n) is 50.1. The normalized spacial score (nSPS) is 10.7. The van der Waals surface area contributed by atoms with Crippen LogP contribution in [-0.4, -0.2) is 0 Å². The van der Waals surface area contributed by atoms with Crippen LogP contribution in [-0.2, 0) is 0 Å². The van der Waals surface area contributed by atoms with Gasteiger partial charge in [-0.15, -0.1) is 0 Å². The monoisotopic (exact) mass is 1180 g/mol. The van der Waals surface area contributed by atoms with Crippen LogP contribution < -0.4 is 0 Å². The van der Waals surface area contributed by atoms with Crippen molar-refractivity contribution in [3.8, 4) is 89.0 Å². The van der Waals surface area contributed by atoms with Gasteiger partial charge < -0.3 is 0 Å². The van der Waals surface area contributed by atoms with Gasteiger partial charge in [0.05, 0.1) is 0 Å². The van der Waals surface area contributed by atoms with E-state index in [1.54, 1.807) is 76.2 Å². The summed E-state index contributed by atoms with van der Waals surface area (Å²) < 4.78 is 111. The maximum Gasteiger partial charge on any atom is 0.166 e. The van der Waals surface area contributed by atoms with E-state index in [9.17, 15) is 35.1 Å². The van der Waals surface area contributed by atoms with Gasteiger partial charge in [0, 0.05) is 22.3 Å². The summed E-state index contributed by atoms with van der Waals surface area (Å²) in [5, 5.41) is 0. The molecular weight excluding hydrogens is 1110 g/mol. The topological polar surface area (TPSA) is 0 Å². The third-order valence-electron chi connectivity index (χ3n) is 15.4. The molecule has 0 nitrogen and oxygen atoms in total. The van der Waals surface area contributed by atoms with Crippen LogP contribution in [0.4, 0.5) is 35.1 Å². The van der Waals surface area contributed by atoms with Crippen molar-refractivity contribution in [2.75, 3.05) is 0 Å². The Hall–Kier alpha value is -9.92. The molecule has 0 atom stereocenters. The fraction of sp³-hybridized carbons (Fsp3) is 0.100. The molecule has 12 rings (SSSR count). The van der Waals surface area contributed by atoms with Crippen LogP contribution in [0.25, 0.3) is 89.0 Å². The molecule has 440 valence electrons. The van der Waals surface area contributed by atoms with Crippen LogP contribution >= 0.6 is 0 Å². The van der Waals surface area contributed by atoms with Crippen molar-refractivity contribution >= 4 is 0 Å². The van der Waals surface area contributed by atoms with Crippen molar-refractivity contribution in [3.05, 3.63) is 334 Å². The predicted molar refractivity (Wildman–Crippen MR) is 347 cm³/mol. The highest BCUT2D eigenvalue weighted by molar-refractivity contribution is 5.75. The van der Waals surface area contributed by atoms with E-state index in [0.717, 1.165) is 44.5 Å². The quantitative estimate of drug-likeness (QED) is 0.133. The molecular formula is C80H64F8. The highest BCUT2D eigenvalue weighted by atomic mass is 19.2. The van der Waals surface area contributed by atoms with E-state index >= 15 is 0 Å². The summed E-state index contributed by atoms with van der Waals surface area (Å²) in [6, 6.07) is 75.7. The zero-order valence-corrected chi connectivity index (χ0v) is 50.1. The number of rotatable bonds is 8. The summed E-state index contributed by atoms with van der Waals surface area (Å²) in [7, 11) is 0. The first-order valence-corrected chi connectivity index (χ1v) is 28.7. The van der Waals surface area contributed by atoms with Gasteiger partial charge in [-0.1, -0.05) is 265 Å².